The average molecular weight is 521 g/mol. The Morgan fingerprint density at radius 3 is 2.00 bits per heavy atom. The van der Waals surface area contributed by atoms with Crippen molar-refractivity contribution in [1.82, 2.24) is 0 Å². The number of carbonyl (C=O) groups is 1. The zero-order chi connectivity index (χ0) is 26.8. The van der Waals surface area contributed by atoms with Crippen LogP contribution in [0.3, 0.4) is 0 Å². The standard InChI is InChI=1S/C27H37FO5SSi/c1-19(29)32-27(5,6)25(20-13-15-23(16-14-20)34(7,30)31)24(21-11-10-12-22(28)17-21)18-35(8,9)33-26(2,3)4/h10-17H,18H2,1-9H3. The van der Waals surface area contributed by atoms with E-state index < -0.39 is 29.7 Å². The third kappa shape index (κ3) is 8.40. The lowest BCUT2D eigenvalue weighted by Crippen LogP contribution is -2.40. The molecule has 5 nitrogen and oxygen atoms in total. The maximum Gasteiger partial charge on any atom is 0.303 e. The van der Waals surface area contributed by atoms with Gasteiger partial charge in [-0.15, -0.1) is 0 Å². The first-order chi connectivity index (χ1) is 15.8. The van der Waals surface area contributed by atoms with Crippen LogP contribution in [-0.2, 0) is 23.8 Å². The Balaban J connectivity index is 2.90. The second kappa shape index (κ2) is 10.4. The lowest BCUT2D eigenvalue weighted by Gasteiger charge is -2.36. The Morgan fingerprint density at radius 1 is 0.971 bits per heavy atom. The molecule has 0 radical (unpaired) electrons. The molecule has 192 valence electrons. The molecular weight excluding hydrogens is 483 g/mol. The molecule has 0 spiro atoms. The van der Waals surface area contributed by atoms with Gasteiger partial charge in [-0.25, -0.2) is 12.8 Å². The Kier molecular flexibility index (Phi) is 8.57. The second-order valence-electron chi connectivity index (χ2n) is 10.9. The third-order valence-corrected chi connectivity index (χ3v) is 8.73. The van der Waals surface area contributed by atoms with Gasteiger partial charge in [0.25, 0.3) is 0 Å². The van der Waals surface area contributed by atoms with Crippen molar-refractivity contribution >= 4 is 35.3 Å². The molecule has 2 rings (SSSR count). The predicted octanol–water partition coefficient (Wildman–Crippen LogP) is 6.50. The maximum absolute atomic E-state index is 14.4. The molecule has 35 heavy (non-hydrogen) atoms. The van der Waals surface area contributed by atoms with E-state index in [4.69, 9.17) is 9.16 Å². The molecule has 0 aromatic heterocycles. The van der Waals surface area contributed by atoms with Crippen LogP contribution in [0.1, 0.15) is 52.7 Å². The number of hydrogen-bond acceptors (Lipinski definition) is 5. The van der Waals surface area contributed by atoms with Gasteiger partial charge in [-0.05, 0) is 94.7 Å². The number of sulfone groups is 1. The Bertz CT molecular complexity index is 1210. The van der Waals surface area contributed by atoms with E-state index >= 15 is 0 Å². The summed E-state index contributed by atoms with van der Waals surface area (Å²) in [6.45, 7) is 15.1. The molecule has 0 N–H and O–H groups in total. The molecule has 0 amide bonds. The smallest absolute Gasteiger partial charge is 0.303 e. The van der Waals surface area contributed by atoms with Crippen LogP contribution >= 0.6 is 0 Å². The van der Waals surface area contributed by atoms with Crippen molar-refractivity contribution in [2.24, 2.45) is 0 Å². The van der Waals surface area contributed by atoms with Crippen molar-refractivity contribution in [3.8, 4) is 0 Å². The number of carbonyl (C=O) groups excluding carboxylic acids is 1. The first kappa shape index (κ1) is 28.9. The van der Waals surface area contributed by atoms with Crippen molar-refractivity contribution in [3.63, 3.8) is 0 Å². The van der Waals surface area contributed by atoms with Crippen LogP contribution in [0.2, 0.25) is 19.1 Å². The van der Waals surface area contributed by atoms with Gasteiger partial charge in [0.2, 0.25) is 0 Å². The molecule has 0 saturated heterocycles. The normalized spacial score (nSPS) is 13.9. The molecule has 0 aliphatic heterocycles. The summed E-state index contributed by atoms with van der Waals surface area (Å²) >= 11 is 0. The van der Waals surface area contributed by atoms with Gasteiger partial charge in [-0.3, -0.25) is 4.79 Å². The van der Waals surface area contributed by atoms with Gasteiger partial charge >= 0.3 is 5.97 Å². The van der Waals surface area contributed by atoms with E-state index in [1.165, 1.54) is 31.2 Å². The summed E-state index contributed by atoms with van der Waals surface area (Å²) in [7, 11) is -5.76. The van der Waals surface area contributed by atoms with E-state index in [1.807, 2.05) is 26.8 Å². The largest absolute Gasteiger partial charge is 0.455 e. The average Bonchev–Trinajstić information content (AvgIpc) is 2.64. The fraction of sp³-hybridized carbons (Fsp3) is 0.444. The van der Waals surface area contributed by atoms with Crippen molar-refractivity contribution < 1.29 is 26.8 Å². The Morgan fingerprint density at radius 2 is 1.54 bits per heavy atom. The summed E-state index contributed by atoms with van der Waals surface area (Å²) in [6.07, 6.45) is 1.15. The fourth-order valence-electron chi connectivity index (χ4n) is 4.47. The minimum absolute atomic E-state index is 0.184. The van der Waals surface area contributed by atoms with Crippen LogP contribution in [0, 0.1) is 5.82 Å². The van der Waals surface area contributed by atoms with Gasteiger partial charge in [0.1, 0.15) is 11.4 Å². The molecule has 0 saturated carbocycles. The fourth-order valence-corrected chi connectivity index (χ4v) is 8.06. The van der Waals surface area contributed by atoms with Crippen LogP contribution in [-0.4, -0.2) is 40.2 Å². The number of hydrogen-bond donors (Lipinski definition) is 0. The van der Waals surface area contributed by atoms with Crippen molar-refractivity contribution in [1.29, 1.82) is 0 Å². The highest BCUT2D eigenvalue weighted by atomic mass is 32.2. The number of allylic oxidation sites excluding steroid dienone is 1. The van der Waals surface area contributed by atoms with Gasteiger partial charge in [0.15, 0.2) is 18.2 Å². The van der Waals surface area contributed by atoms with Gasteiger partial charge in [0, 0.05) is 24.4 Å². The molecule has 2 aromatic carbocycles. The maximum atomic E-state index is 14.4. The first-order valence-corrected chi connectivity index (χ1v) is 16.5. The number of esters is 1. The SMILES string of the molecule is CC(=O)OC(C)(C)C(=C(C[Si](C)(C)OC(C)(C)C)c1cccc(F)c1)c1ccc(S(C)(=O)=O)cc1. The second-order valence-corrected chi connectivity index (χ2v) is 17.0. The van der Waals surface area contributed by atoms with E-state index in [1.54, 1.807) is 32.0 Å². The summed E-state index contributed by atoms with van der Waals surface area (Å²) in [5.74, 6) is -0.838. The van der Waals surface area contributed by atoms with Gasteiger partial charge in [-0.2, -0.15) is 0 Å². The zero-order valence-electron chi connectivity index (χ0n) is 22.2. The highest BCUT2D eigenvalue weighted by Crippen LogP contribution is 2.42. The van der Waals surface area contributed by atoms with E-state index in [2.05, 4.69) is 13.1 Å². The molecular formula is C27H37FO5SSi. The molecule has 0 aliphatic rings. The van der Waals surface area contributed by atoms with Crippen molar-refractivity contribution in [3.05, 3.63) is 65.5 Å². The molecule has 0 bridgehead atoms. The third-order valence-electron chi connectivity index (χ3n) is 5.23. The minimum Gasteiger partial charge on any atom is -0.455 e. The molecule has 0 atom stereocenters. The van der Waals surface area contributed by atoms with Gasteiger partial charge in [0.05, 0.1) is 4.90 Å². The number of rotatable bonds is 8. The van der Waals surface area contributed by atoms with E-state index in [9.17, 15) is 17.6 Å². The summed E-state index contributed by atoms with van der Waals surface area (Å²) in [5.41, 5.74) is 1.35. The highest BCUT2D eigenvalue weighted by molar-refractivity contribution is 7.90. The first-order valence-electron chi connectivity index (χ1n) is 11.5. The molecule has 0 aliphatic carbocycles. The molecule has 0 heterocycles. The minimum atomic E-state index is -3.39. The molecule has 8 heteroatoms. The molecule has 0 fully saturated rings. The lowest BCUT2D eigenvalue weighted by atomic mass is 9.85. The van der Waals surface area contributed by atoms with Crippen LogP contribution in [0.25, 0.3) is 11.1 Å². The van der Waals surface area contributed by atoms with Crippen LogP contribution in [0.5, 0.6) is 0 Å². The van der Waals surface area contributed by atoms with Crippen LogP contribution < -0.4 is 0 Å². The van der Waals surface area contributed by atoms with Gasteiger partial charge in [-0.1, -0.05) is 24.3 Å². The number of benzene rings is 2. The summed E-state index contributed by atoms with van der Waals surface area (Å²) in [5, 5.41) is 0. The van der Waals surface area contributed by atoms with Gasteiger partial charge < -0.3 is 9.16 Å². The predicted molar refractivity (Wildman–Crippen MR) is 142 cm³/mol. The Labute approximate surface area is 210 Å². The summed E-state index contributed by atoms with van der Waals surface area (Å²) < 4.78 is 50.7. The monoisotopic (exact) mass is 520 g/mol. The van der Waals surface area contributed by atoms with Crippen LogP contribution in [0.15, 0.2) is 53.4 Å². The molecule has 0 unspecified atom stereocenters. The number of ether oxygens (including phenoxy) is 1. The summed E-state index contributed by atoms with van der Waals surface area (Å²) in [6, 6.07) is 13.3. The van der Waals surface area contributed by atoms with Crippen molar-refractivity contribution in [2.75, 3.05) is 6.26 Å². The van der Waals surface area contributed by atoms with Crippen molar-refractivity contribution in [2.45, 2.75) is 76.8 Å². The topological polar surface area (TPSA) is 69.7 Å². The number of halogens is 1. The molecule has 2 aromatic rings. The summed E-state index contributed by atoms with van der Waals surface area (Å²) in [4.78, 5) is 12.3. The highest BCUT2D eigenvalue weighted by Gasteiger charge is 2.36. The van der Waals surface area contributed by atoms with Crippen LogP contribution in [0.4, 0.5) is 4.39 Å². The quantitative estimate of drug-likeness (QED) is 0.226. The Hall–Kier alpha value is -2.29. The lowest BCUT2D eigenvalue weighted by molar-refractivity contribution is -0.148. The van der Waals surface area contributed by atoms with E-state index in [0.29, 0.717) is 22.7 Å². The zero-order valence-corrected chi connectivity index (χ0v) is 24.0. The van der Waals surface area contributed by atoms with E-state index in [-0.39, 0.29) is 16.3 Å². The van der Waals surface area contributed by atoms with E-state index in [0.717, 1.165) is 11.8 Å².